The fourth-order valence-electron chi connectivity index (χ4n) is 4.44. The van der Waals surface area contributed by atoms with Crippen molar-refractivity contribution in [1.29, 1.82) is 0 Å². The molecule has 0 fully saturated rings. The summed E-state index contributed by atoms with van der Waals surface area (Å²) in [5.41, 5.74) is 8.65. The quantitative estimate of drug-likeness (QED) is 0.349. The zero-order valence-corrected chi connectivity index (χ0v) is 20.6. The molecule has 1 amide bonds. The van der Waals surface area contributed by atoms with Crippen LogP contribution >= 0.6 is 0 Å². The highest BCUT2D eigenvalue weighted by molar-refractivity contribution is 6.01. The predicted octanol–water partition coefficient (Wildman–Crippen LogP) is 3.64. The lowest BCUT2D eigenvalue weighted by atomic mass is 10.00. The summed E-state index contributed by atoms with van der Waals surface area (Å²) in [6.45, 7) is 4.00. The van der Waals surface area contributed by atoms with E-state index in [1.807, 2.05) is 81.7 Å². The fraction of sp³-hybridized carbons (Fsp3) is 0.148. The van der Waals surface area contributed by atoms with Crippen molar-refractivity contribution in [1.82, 2.24) is 29.6 Å². The summed E-state index contributed by atoms with van der Waals surface area (Å²) < 4.78 is 3.31. The zero-order valence-electron chi connectivity index (χ0n) is 20.6. The largest absolute Gasteiger partial charge is 0.368 e. The van der Waals surface area contributed by atoms with Gasteiger partial charge in [-0.2, -0.15) is 10.1 Å². The molecule has 1 aliphatic rings. The van der Waals surface area contributed by atoms with Crippen LogP contribution in [0.3, 0.4) is 0 Å². The highest BCUT2D eigenvalue weighted by atomic mass is 16.2. The molecule has 3 aromatic heterocycles. The Morgan fingerprint density at radius 3 is 2.46 bits per heavy atom. The molecular weight excluding hydrogens is 468 g/mol. The normalized spacial score (nSPS) is 14.2. The first kappa shape index (κ1) is 23.7. The number of amides is 1. The molecule has 2 aromatic carbocycles. The number of nitrogens with one attached hydrogen (secondary N) is 2. The van der Waals surface area contributed by atoms with Crippen molar-refractivity contribution in [3.05, 3.63) is 94.8 Å². The summed E-state index contributed by atoms with van der Waals surface area (Å²) in [4.78, 5) is 35.1. The summed E-state index contributed by atoms with van der Waals surface area (Å²) in [5.74, 6) is -0.00712. The van der Waals surface area contributed by atoms with Gasteiger partial charge in [0.15, 0.2) is 0 Å². The predicted molar refractivity (Wildman–Crippen MR) is 143 cm³/mol. The number of pyridine rings is 1. The van der Waals surface area contributed by atoms with Crippen molar-refractivity contribution in [3.8, 4) is 16.8 Å². The highest BCUT2D eigenvalue weighted by Gasteiger charge is 2.29. The summed E-state index contributed by atoms with van der Waals surface area (Å²) in [6, 6.07) is 16.9. The monoisotopic (exact) mass is 494 g/mol. The molecule has 186 valence electrons. The highest BCUT2D eigenvalue weighted by Crippen LogP contribution is 2.31. The Morgan fingerprint density at radius 1 is 0.946 bits per heavy atom. The second-order valence-corrected chi connectivity index (χ2v) is 8.26. The molecule has 1 atom stereocenters. The molecule has 5 aromatic rings. The number of para-hydroxylation sites is 1. The Balaban J connectivity index is 0.00000137. The van der Waals surface area contributed by atoms with Crippen LogP contribution in [0.4, 0.5) is 11.8 Å². The molecule has 0 saturated heterocycles. The number of benzene rings is 2. The molecule has 0 bridgehead atoms. The molecule has 0 saturated carbocycles. The lowest BCUT2D eigenvalue weighted by Crippen LogP contribution is -2.41. The van der Waals surface area contributed by atoms with Gasteiger partial charge in [0, 0.05) is 30.7 Å². The molecule has 6 rings (SSSR count). The topological polar surface area (TPSA) is 133 Å². The lowest BCUT2D eigenvalue weighted by Gasteiger charge is -2.29. The van der Waals surface area contributed by atoms with Gasteiger partial charge in [-0.3, -0.25) is 18.8 Å². The summed E-state index contributed by atoms with van der Waals surface area (Å²) in [6.07, 6.45) is 4.25. The van der Waals surface area contributed by atoms with E-state index in [1.54, 1.807) is 15.4 Å². The Hall–Kier alpha value is -4.99. The standard InChI is InChI=1S/C25H20N8O2.C2H6/c1-32-13-15(11-28-32)17-9-5-6-14-10-19(33(24(35)20(14)17)16-7-3-2-4-8-16)22-29-21-18(23(34)30-22)12-27-25(26)31-21;1-2/h2-13,22H,1H3,(H,30,34)(H3,26,27,29,31);1-2H3. The Kier molecular flexibility index (Phi) is 6.14. The van der Waals surface area contributed by atoms with Crippen molar-refractivity contribution in [2.75, 3.05) is 11.1 Å². The van der Waals surface area contributed by atoms with Crippen molar-refractivity contribution >= 4 is 28.4 Å². The lowest BCUT2D eigenvalue weighted by molar-refractivity contribution is 0.0933. The van der Waals surface area contributed by atoms with E-state index in [9.17, 15) is 9.59 Å². The molecule has 4 heterocycles. The Labute approximate surface area is 212 Å². The minimum Gasteiger partial charge on any atom is -0.368 e. The number of anilines is 2. The molecule has 37 heavy (non-hydrogen) atoms. The van der Waals surface area contributed by atoms with Crippen molar-refractivity contribution in [3.63, 3.8) is 0 Å². The van der Waals surface area contributed by atoms with E-state index in [-0.39, 0.29) is 23.0 Å². The zero-order chi connectivity index (χ0) is 26.1. The van der Waals surface area contributed by atoms with E-state index in [2.05, 4.69) is 25.7 Å². The smallest absolute Gasteiger partial charge is 0.263 e. The van der Waals surface area contributed by atoms with Crippen LogP contribution in [-0.4, -0.2) is 30.2 Å². The van der Waals surface area contributed by atoms with Gasteiger partial charge < -0.3 is 16.4 Å². The van der Waals surface area contributed by atoms with Gasteiger partial charge in [0.05, 0.1) is 17.3 Å². The van der Waals surface area contributed by atoms with Crippen molar-refractivity contribution in [2.45, 2.75) is 20.0 Å². The van der Waals surface area contributed by atoms with Gasteiger partial charge in [0.2, 0.25) is 5.95 Å². The number of aryl methyl sites for hydroxylation is 1. The first-order valence-corrected chi connectivity index (χ1v) is 11.9. The maximum Gasteiger partial charge on any atom is 0.263 e. The maximum absolute atomic E-state index is 14.1. The molecule has 1 aliphatic heterocycles. The van der Waals surface area contributed by atoms with Crippen LogP contribution in [0.5, 0.6) is 0 Å². The number of fused-ring (bicyclic) bond motifs is 2. The number of nitrogen functional groups attached to an aromatic ring is 1. The van der Waals surface area contributed by atoms with E-state index in [1.165, 1.54) is 6.20 Å². The molecule has 1 unspecified atom stereocenters. The van der Waals surface area contributed by atoms with Crippen LogP contribution < -0.4 is 21.9 Å². The van der Waals surface area contributed by atoms with Crippen LogP contribution in [0.1, 0.15) is 36.1 Å². The van der Waals surface area contributed by atoms with E-state index in [4.69, 9.17) is 5.73 Å². The maximum atomic E-state index is 14.1. The third kappa shape index (κ3) is 4.18. The van der Waals surface area contributed by atoms with Crippen molar-refractivity contribution in [2.24, 2.45) is 7.05 Å². The number of carbonyl (C=O) groups is 1. The number of nitrogens with zero attached hydrogens (tertiary/aromatic N) is 5. The average Bonchev–Trinajstić information content (AvgIpc) is 3.35. The van der Waals surface area contributed by atoms with Crippen LogP contribution in [-0.2, 0) is 7.05 Å². The minimum absolute atomic E-state index is 0.0461. The fourth-order valence-corrected chi connectivity index (χ4v) is 4.44. The third-order valence-corrected chi connectivity index (χ3v) is 6.01. The molecule has 0 spiro atoms. The van der Waals surface area contributed by atoms with E-state index >= 15 is 0 Å². The van der Waals surface area contributed by atoms with Gasteiger partial charge in [-0.1, -0.05) is 50.2 Å². The van der Waals surface area contributed by atoms with Gasteiger partial charge >= 0.3 is 0 Å². The third-order valence-electron chi connectivity index (χ3n) is 6.01. The van der Waals surface area contributed by atoms with E-state index in [0.717, 1.165) is 16.5 Å². The van der Waals surface area contributed by atoms with Crippen LogP contribution in [0.25, 0.3) is 27.6 Å². The number of aromatic nitrogens is 5. The molecule has 0 aliphatic carbocycles. The summed E-state index contributed by atoms with van der Waals surface area (Å²) >= 11 is 0. The first-order valence-electron chi connectivity index (χ1n) is 11.9. The number of carbonyl (C=O) groups excluding carboxylic acids is 1. The van der Waals surface area contributed by atoms with Gasteiger partial charge in [0.1, 0.15) is 17.5 Å². The molecule has 10 heteroatoms. The van der Waals surface area contributed by atoms with Crippen LogP contribution in [0.2, 0.25) is 0 Å². The van der Waals surface area contributed by atoms with Crippen LogP contribution in [0.15, 0.2) is 78.0 Å². The average molecular weight is 495 g/mol. The first-order chi connectivity index (χ1) is 18.0. The van der Waals surface area contributed by atoms with E-state index < -0.39 is 6.17 Å². The molecule has 4 N–H and O–H groups in total. The number of hydrogen-bond donors (Lipinski definition) is 3. The SMILES string of the molecule is CC.Cn1cc(-c2cccc3cc(C4NC(=O)c5cnc(N)nc5N4)n(-c4ccccc4)c(=O)c23)cn1. The van der Waals surface area contributed by atoms with Gasteiger partial charge in [0.25, 0.3) is 11.5 Å². The van der Waals surface area contributed by atoms with Crippen molar-refractivity contribution < 1.29 is 4.79 Å². The molecular formula is C27H26N8O2. The van der Waals surface area contributed by atoms with Gasteiger partial charge in [-0.25, -0.2) is 4.98 Å². The molecule has 0 radical (unpaired) electrons. The minimum atomic E-state index is -0.733. The van der Waals surface area contributed by atoms with Crippen LogP contribution in [0, 0.1) is 0 Å². The Bertz CT molecular complexity index is 1670. The number of hydrogen-bond acceptors (Lipinski definition) is 7. The van der Waals surface area contributed by atoms with E-state index in [0.29, 0.717) is 22.6 Å². The Morgan fingerprint density at radius 2 is 1.73 bits per heavy atom. The number of rotatable bonds is 3. The summed E-state index contributed by atoms with van der Waals surface area (Å²) in [7, 11) is 1.83. The second-order valence-electron chi connectivity index (χ2n) is 8.26. The van der Waals surface area contributed by atoms with Gasteiger partial charge in [-0.15, -0.1) is 0 Å². The summed E-state index contributed by atoms with van der Waals surface area (Å²) in [5, 5.41) is 11.7. The van der Waals surface area contributed by atoms with Gasteiger partial charge in [-0.05, 0) is 29.1 Å². The second kappa shape index (κ2) is 9.57. The number of nitrogens with two attached hydrogens (primary N) is 1. The molecule has 10 nitrogen and oxygen atoms in total.